The van der Waals surface area contributed by atoms with E-state index in [2.05, 4.69) is 4.98 Å². The number of furan rings is 1. The van der Waals surface area contributed by atoms with E-state index in [-0.39, 0.29) is 17.2 Å². The van der Waals surface area contributed by atoms with Crippen LogP contribution in [0.15, 0.2) is 47.2 Å². The third-order valence-electron chi connectivity index (χ3n) is 3.90. The molecule has 1 saturated heterocycles. The summed E-state index contributed by atoms with van der Waals surface area (Å²) in [5.41, 5.74) is 1.03. The fraction of sp³-hybridized carbons (Fsp3) is 0.250. The van der Waals surface area contributed by atoms with Gasteiger partial charge in [0.05, 0.1) is 19.4 Å². The van der Waals surface area contributed by atoms with Gasteiger partial charge in [0.15, 0.2) is 10.8 Å². The van der Waals surface area contributed by atoms with Crippen molar-refractivity contribution < 1.29 is 13.9 Å². The minimum Gasteiger partial charge on any atom is -0.467 e. The molecule has 6 nitrogen and oxygen atoms in total. The number of pyridine rings is 1. The number of hydrogen-bond donors (Lipinski definition) is 0. The molecule has 3 aromatic heterocycles. The van der Waals surface area contributed by atoms with Gasteiger partial charge in [0, 0.05) is 12.7 Å². The molecule has 1 atom stereocenters. The molecule has 0 saturated carbocycles. The summed E-state index contributed by atoms with van der Waals surface area (Å²) in [6, 6.07) is 9.16. The minimum atomic E-state index is -0.263. The Bertz CT molecular complexity index is 844. The summed E-state index contributed by atoms with van der Waals surface area (Å²) in [5, 5.41) is 0.210. The molecule has 7 heteroatoms. The molecule has 3 aromatic rings. The number of fused-ring (bicyclic) bond motifs is 1. The van der Waals surface area contributed by atoms with E-state index in [1.165, 1.54) is 0 Å². The summed E-state index contributed by atoms with van der Waals surface area (Å²) in [7, 11) is 0. The van der Waals surface area contributed by atoms with Gasteiger partial charge in [0.2, 0.25) is 0 Å². The first-order valence-corrected chi connectivity index (χ1v) is 7.68. The number of morpholine rings is 1. The van der Waals surface area contributed by atoms with Gasteiger partial charge in [0.1, 0.15) is 17.5 Å². The van der Waals surface area contributed by atoms with Gasteiger partial charge in [0.25, 0.3) is 5.91 Å². The smallest absolute Gasteiger partial charge is 0.274 e. The normalized spacial score (nSPS) is 18.5. The molecule has 0 N–H and O–H groups in total. The largest absolute Gasteiger partial charge is 0.467 e. The lowest BCUT2D eigenvalue weighted by Gasteiger charge is -2.31. The lowest BCUT2D eigenvalue weighted by molar-refractivity contribution is -0.0323. The molecule has 0 aliphatic carbocycles. The molecule has 0 aromatic carbocycles. The highest BCUT2D eigenvalue weighted by Gasteiger charge is 2.30. The van der Waals surface area contributed by atoms with Crippen LogP contribution < -0.4 is 0 Å². The number of imidazole rings is 1. The average Bonchev–Trinajstić information content (AvgIpc) is 3.21. The van der Waals surface area contributed by atoms with Crippen LogP contribution >= 0.6 is 11.6 Å². The predicted octanol–water partition coefficient (Wildman–Crippen LogP) is 2.79. The number of carbonyl (C=O) groups excluding carboxylic acids is 1. The van der Waals surface area contributed by atoms with Crippen molar-refractivity contribution in [1.29, 1.82) is 0 Å². The van der Waals surface area contributed by atoms with E-state index in [4.69, 9.17) is 20.8 Å². The number of nitrogens with zero attached hydrogens (tertiary/aromatic N) is 3. The second kappa shape index (κ2) is 5.72. The maximum absolute atomic E-state index is 12.9. The molecule has 118 valence electrons. The van der Waals surface area contributed by atoms with Crippen molar-refractivity contribution in [1.82, 2.24) is 14.3 Å². The number of carbonyl (C=O) groups is 1. The second-order valence-electron chi connectivity index (χ2n) is 5.31. The number of halogens is 1. The first-order valence-electron chi connectivity index (χ1n) is 7.31. The van der Waals surface area contributed by atoms with Crippen molar-refractivity contribution in [2.45, 2.75) is 6.10 Å². The molecule has 0 radical (unpaired) electrons. The molecule has 1 aliphatic heterocycles. The van der Waals surface area contributed by atoms with Crippen LogP contribution in [0.1, 0.15) is 22.4 Å². The lowest BCUT2D eigenvalue weighted by atomic mass is 10.2. The monoisotopic (exact) mass is 331 g/mol. The van der Waals surface area contributed by atoms with E-state index in [0.717, 1.165) is 0 Å². The number of aromatic nitrogens is 2. The summed E-state index contributed by atoms with van der Waals surface area (Å²) >= 11 is 6.19. The van der Waals surface area contributed by atoms with Gasteiger partial charge in [-0.1, -0.05) is 17.7 Å². The minimum absolute atomic E-state index is 0.159. The Kier molecular flexibility index (Phi) is 3.55. The zero-order chi connectivity index (χ0) is 15.8. The fourth-order valence-corrected chi connectivity index (χ4v) is 3.05. The van der Waals surface area contributed by atoms with Crippen molar-refractivity contribution in [3.8, 4) is 0 Å². The van der Waals surface area contributed by atoms with Crippen molar-refractivity contribution in [3.63, 3.8) is 0 Å². The third kappa shape index (κ3) is 2.50. The fourth-order valence-electron chi connectivity index (χ4n) is 2.79. The Balaban J connectivity index is 1.64. The molecule has 0 bridgehead atoms. The van der Waals surface area contributed by atoms with Crippen LogP contribution in [0.2, 0.25) is 5.15 Å². The van der Waals surface area contributed by atoms with Crippen LogP contribution in [0.3, 0.4) is 0 Å². The topological polar surface area (TPSA) is 60.0 Å². The van der Waals surface area contributed by atoms with E-state index >= 15 is 0 Å². The molecule has 1 fully saturated rings. The van der Waals surface area contributed by atoms with Gasteiger partial charge < -0.3 is 14.1 Å². The van der Waals surface area contributed by atoms with Gasteiger partial charge in [-0.05, 0) is 24.3 Å². The second-order valence-corrected chi connectivity index (χ2v) is 5.66. The Morgan fingerprint density at radius 2 is 2.22 bits per heavy atom. The molecule has 23 heavy (non-hydrogen) atoms. The maximum Gasteiger partial charge on any atom is 0.274 e. The number of rotatable bonds is 2. The number of hydrogen-bond acceptors (Lipinski definition) is 4. The molecular formula is C16H14ClN3O3. The van der Waals surface area contributed by atoms with Gasteiger partial charge in [-0.15, -0.1) is 0 Å². The standard InChI is InChI=1S/C16H14ClN3O3/c17-15-14(20-6-2-1-5-13(20)18-15)16(21)19-7-9-23-12(10-19)11-4-3-8-22-11/h1-6,8,12H,7,9-10H2. The highest BCUT2D eigenvalue weighted by molar-refractivity contribution is 6.32. The first-order chi connectivity index (χ1) is 11.2. The number of ether oxygens (including phenoxy) is 1. The average molecular weight is 332 g/mol. The van der Waals surface area contributed by atoms with Crippen LogP contribution in [-0.4, -0.2) is 39.9 Å². The Hall–Kier alpha value is -2.31. The highest BCUT2D eigenvalue weighted by atomic mass is 35.5. The van der Waals surface area contributed by atoms with Crippen molar-refractivity contribution in [2.24, 2.45) is 0 Å². The Morgan fingerprint density at radius 3 is 3.04 bits per heavy atom. The van der Waals surface area contributed by atoms with Gasteiger partial charge >= 0.3 is 0 Å². The number of amides is 1. The van der Waals surface area contributed by atoms with Gasteiger partial charge in [-0.3, -0.25) is 9.20 Å². The van der Waals surface area contributed by atoms with E-state index in [1.54, 1.807) is 27.8 Å². The Labute approximate surface area is 137 Å². The molecule has 0 spiro atoms. The predicted molar refractivity (Wildman–Crippen MR) is 83.5 cm³/mol. The summed E-state index contributed by atoms with van der Waals surface area (Å²) in [4.78, 5) is 18.9. The zero-order valence-corrected chi connectivity index (χ0v) is 12.9. The lowest BCUT2D eigenvalue weighted by Crippen LogP contribution is -2.42. The molecule has 1 amide bonds. The highest BCUT2D eigenvalue weighted by Crippen LogP contribution is 2.25. The van der Waals surface area contributed by atoms with E-state index in [9.17, 15) is 4.79 Å². The molecule has 4 rings (SSSR count). The summed E-state index contributed by atoms with van der Waals surface area (Å²) < 4.78 is 12.8. The van der Waals surface area contributed by atoms with Crippen molar-refractivity contribution >= 4 is 23.2 Å². The Morgan fingerprint density at radius 1 is 1.30 bits per heavy atom. The summed E-state index contributed by atoms with van der Waals surface area (Å²) in [6.45, 7) is 1.38. The van der Waals surface area contributed by atoms with Crippen LogP contribution in [-0.2, 0) is 4.74 Å². The first kappa shape index (κ1) is 14.3. The molecule has 1 aliphatic rings. The summed E-state index contributed by atoms with van der Waals surface area (Å²) in [5.74, 6) is 0.556. The van der Waals surface area contributed by atoms with Crippen LogP contribution in [0.5, 0.6) is 0 Å². The van der Waals surface area contributed by atoms with Crippen LogP contribution in [0.25, 0.3) is 5.65 Å². The van der Waals surface area contributed by atoms with Gasteiger partial charge in [-0.2, -0.15) is 0 Å². The summed E-state index contributed by atoms with van der Waals surface area (Å²) in [6.07, 6.45) is 3.12. The SMILES string of the molecule is O=C(c1c(Cl)nc2ccccn12)N1CCOC(c2ccco2)C1. The quantitative estimate of drug-likeness (QED) is 0.724. The van der Waals surface area contributed by atoms with E-state index in [0.29, 0.717) is 36.8 Å². The van der Waals surface area contributed by atoms with Crippen molar-refractivity contribution in [3.05, 3.63) is 59.4 Å². The molecule has 4 heterocycles. The van der Waals surface area contributed by atoms with E-state index in [1.807, 2.05) is 24.3 Å². The van der Waals surface area contributed by atoms with Gasteiger partial charge in [-0.25, -0.2) is 4.98 Å². The molecule has 1 unspecified atom stereocenters. The zero-order valence-electron chi connectivity index (χ0n) is 12.2. The van der Waals surface area contributed by atoms with Crippen molar-refractivity contribution in [2.75, 3.05) is 19.7 Å². The maximum atomic E-state index is 12.9. The van der Waals surface area contributed by atoms with Crippen LogP contribution in [0, 0.1) is 0 Å². The molecular weight excluding hydrogens is 318 g/mol. The third-order valence-corrected chi connectivity index (χ3v) is 4.17. The van der Waals surface area contributed by atoms with E-state index < -0.39 is 0 Å². The van der Waals surface area contributed by atoms with Crippen LogP contribution in [0.4, 0.5) is 0 Å².